The second-order valence-corrected chi connectivity index (χ2v) is 8.60. The van der Waals surface area contributed by atoms with Crippen LogP contribution in [0.1, 0.15) is 30.0 Å². The number of benzene rings is 2. The lowest BCUT2D eigenvalue weighted by atomic mass is 10.1. The van der Waals surface area contributed by atoms with Crippen LogP contribution in [0.2, 0.25) is 0 Å². The van der Waals surface area contributed by atoms with E-state index in [-0.39, 0.29) is 18.2 Å². The number of sulfonamides is 1. The molecule has 0 spiro atoms. The zero-order valence-electron chi connectivity index (χ0n) is 16.0. The van der Waals surface area contributed by atoms with Crippen LogP contribution in [0, 0.1) is 6.92 Å². The van der Waals surface area contributed by atoms with Crippen molar-refractivity contribution in [1.82, 2.24) is 9.62 Å². The van der Waals surface area contributed by atoms with E-state index < -0.39 is 10.0 Å². The van der Waals surface area contributed by atoms with E-state index in [1.807, 2.05) is 61.5 Å². The van der Waals surface area contributed by atoms with E-state index >= 15 is 0 Å². The first kappa shape index (κ1) is 21.1. The minimum Gasteiger partial charge on any atom is -0.337 e. The molecule has 0 heterocycles. The number of nitrogens with zero attached hydrogens (tertiary/aromatic N) is 1. The molecule has 2 aromatic carbocycles. The summed E-state index contributed by atoms with van der Waals surface area (Å²) >= 11 is 0. The number of hydrogen-bond acceptors (Lipinski definition) is 3. The summed E-state index contributed by atoms with van der Waals surface area (Å²) in [4.78, 5) is 13.6. The molecule has 5 nitrogen and oxygen atoms in total. The van der Waals surface area contributed by atoms with E-state index in [1.165, 1.54) is 6.92 Å². The Kier molecular flexibility index (Phi) is 8.00. The van der Waals surface area contributed by atoms with Gasteiger partial charge in [-0.15, -0.1) is 0 Å². The van der Waals surface area contributed by atoms with E-state index in [1.54, 1.807) is 4.90 Å². The molecule has 0 bridgehead atoms. The molecule has 0 unspecified atom stereocenters. The second-order valence-electron chi connectivity index (χ2n) is 6.67. The molecule has 0 aliphatic heterocycles. The van der Waals surface area contributed by atoms with Crippen molar-refractivity contribution in [3.8, 4) is 0 Å². The molecule has 6 heteroatoms. The average molecular weight is 389 g/mol. The predicted octanol–water partition coefficient (Wildman–Crippen LogP) is 2.90. The molecule has 0 aliphatic carbocycles. The molecule has 0 saturated carbocycles. The van der Waals surface area contributed by atoms with Crippen molar-refractivity contribution in [2.45, 2.75) is 33.2 Å². The molecule has 27 heavy (non-hydrogen) atoms. The van der Waals surface area contributed by atoms with Crippen LogP contribution < -0.4 is 4.72 Å². The molecular weight excluding hydrogens is 360 g/mol. The Labute approximate surface area is 162 Å². The molecule has 1 N–H and O–H groups in total. The Morgan fingerprint density at radius 1 is 1.04 bits per heavy atom. The molecular formula is C21H28N2O3S. The highest BCUT2D eigenvalue weighted by molar-refractivity contribution is 7.89. The number of carbonyl (C=O) groups is 1. The van der Waals surface area contributed by atoms with Gasteiger partial charge < -0.3 is 4.90 Å². The van der Waals surface area contributed by atoms with E-state index in [0.29, 0.717) is 19.5 Å². The highest BCUT2D eigenvalue weighted by atomic mass is 32.2. The van der Waals surface area contributed by atoms with Gasteiger partial charge in [0.05, 0.1) is 5.75 Å². The third kappa shape index (κ3) is 7.53. The van der Waals surface area contributed by atoms with Gasteiger partial charge in [-0.2, -0.15) is 0 Å². The van der Waals surface area contributed by atoms with Gasteiger partial charge in [0.2, 0.25) is 15.9 Å². The van der Waals surface area contributed by atoms with Crippen molar-refractivity contribution in [3.05, 3.63) is 71.3 Å². The topological polar surface area (TPSA) is 66.5 Å². The van der Waals surface area contributed by atoms with Crippen LogP contribution in [0.3, 0.4) is 0 Å². The van der Waals surface area contributed by atoms with Gasteiger partial charge in [-0.3, -0.25) is 4.79 Å². The highest BCUT2D eigenvalue weighted by Gasteiger charge is 2.14. The van der Waals surface area contributed by atoms with Crippen molar-refractivity contribution in [3.63, 3.8) is 0 Å². The molecule has 0 saturated heterocycles. The maximum atomic E-state index is 12.2. The molecule has 0 aliphatic rings. The monoisotopic (exact) mass is 388 g/mol. The lowest BCUT2D eigenvalue weighted by molar-refractivity contribution is -0.129. The Morgan fingerprint density at radius 3 is 2.37 bits per heavy atom. The van der Waals surface area contributed by atoms with Crippen LogP contribution >= 0.6 is 0 Å². The van der Waals surface area contributed by atoms with Gasteiger partial charge in [-0.05, 0) is 36.5 Å². The first-order valence-corrected chi connectivity index (χ1v) is 10.8. The fraction of sp³-hybridized carbons (Fsp3) is 0.381. The smallest absolute Gasteiger partial charge is 0.219 e. The van der Waals surface area contributed by atoms with Crippen LogP contribution in [-0.2, 0) is 27.8 Å². The van der Waals surface area contributed by atoms with Gasteiger partial charge >= 0.3 is 0 Å². The zero-order valence-corrected chi connectivity index (χ0v) is 16.8. The van der Waals surface area contributed by atoms with E-state index in [2.05, 4.69) is 4.72 Å². The lowest BCUT2D eigenvalue weighted by Gasteiger charge is -2.22. The van der Waals surface area contributed by atoms with Gasteiger partial charge in [-0.1, -0.05) is 54.6 Å². The number of amides is 1. The van der Waals surface area contributed by atoms with Gasteiger partial charge in [-0.25, -0.2) is 13.1 Å². The van der Waals surface area contributed by atoms with Gasteiger partial charge in [0, 0.05) is 26.6 Å². The lowest BCUT2D eigenvalue weighted by Crippen LogP contribution is -2.38. The summed E-state index contributed by atoms with van der Waals surface area (Å²) in [5, 5.41) is 0. The second kappa shape index (κ2) is 10.2. The number of carbonyl (C=O) groups excluding carboxylic acids is 1. The third-order valence-corrected chi connectivity index (χ3v) is 5.96. The van der Waals surface area contributed by atoms with Crippen LogP contribution in [0.4, 0.5) is 0 Å². The molecule has 0 fully saturated rings. The largest absolute Gasteiger partial charge is 0.337 e. The van der Waals surface area contributed by atoms with Crippen LogP contribution in [0.25, 0.3) is 0 Å². The molecule has 2 rings (SSSR count). The summed E-state index contributed by atoms with van der Waals surface area (Å²) in [5.41, 5.74) is 3.32. The first-order chi connectivity index (χ1) is 12.9. The van der Waals surface area contributed by atoms with E-state index in [4.69, 9.17) is 0 Å². The highest BCUT2D eigenvalue weighted by Crippen LogP contribution is 2.10. The fourth-order valence-corrected chi connectivity index (χ4v) is 3.93. The molecule has 2 aromatic rings. The Balaban J connectivity index is 1.79. The van der Waals surface area contributed by atoms with E-state index in [9.17, 15) is 13.2 Å². The maximum absolute atomic E-state index is 12.2. The number of nitrogens with one attached hydrogen (secondary N) is 1. The van der Waals surface area contributed by atoms with Crippen molar-refractivity contribution in [1.29, 1.82) is 0 Å². The van der Waals surface area contributed by atoms with Crippen LogP contribution in [0.15, 0.2) is 54.6 Å². The van der Waals surface area contributed by atoms with E-state index in [0.717, 1.165) is 23.1 Å². The SMILES string of the molecule is CC(=O)N(CCNS(=O)(=O)CCCc1ccccc1)Cc1ccccc1C. The number of aryl methyl sites for hydroxylation is 2. The normalized spacial score (nSPS) is 11.3. The Hall–Kier alpha value is -2.18. The summed E-state index contributed by atoms with van der Waals surface area (Å²) in [6.45, 7) is 4.56. The third-order valence-electron chi connectivity index (χ3n) is 4.49. The molecule has 0 radical (unpaired) electrons. The average Bonchev–Trinajstić information content (AvgIpc) is 2.63. The first-order valence-electron chi connectivity index (χ1n) is 9.19. The van der Waals surface area contributed by atoms with Crippen molar-refractivity contribution >= 4 is 15.9 Å². The standard InChI is InChI=1S/C21H28N2O3S/c1-18-9-6-7-13-21(18)17-23(19(2)24)15-14-22-27(25,26)16-8-12-20-10-4-3-5-11-20/h3-7,9-11,13,22H,8,12,14-17H2,1-2H3. The number of rotatable bonds is 10. The quantitative estimate of drug-likeness (QED) is 0.681. The molecule has 146 valence electrons. The summed E-state index contributed by atoms with van der Waals surface area (Å²) in [6.07, 6.45) is 1.30. The molecule has 1 amide bonds. The van der Waals surface area contributed by atoms with Crippen LogP contribution in [0.5, 0.6) is 0 Å². The van der Waals surface area contributed by atoms with Gasteiger partial charge in [0.25, 0.3) is 0 Å². The Morgan fingerprint density at radius 2 is 1.70 bits per heavy atom. The summed E-state index contributed by atoms with van der Waals surface area (Å²) in [6, 6.07) is 17.7. The zero-order chi connectivity index (χ0) is 19.7. The number of hydrogen-bond donors (Lipinski definition) is 1. The molecule has 0 aromatic heterocycles. The minimum atomic E-state index is -3.34. The van der Waals surface area contributed by atoms with Crippen LogP contribution in [-0.4, -0.2) is 38.1 Å². The Bertz CT molecular complexity index is 836. The molecule has 0 atom stereocenters. The maximum Gasteiger partial charge on any atom is 0.219 e. The van der Waals surface area contributed by atoms with Crippen molar-refractivity contribution in [2.24, 2.45) is 0 Å². The summed E-state index contributed by atoms with van der Waals surface area (Å²) < 4.78 is 26.9. The fourth-order valence-electron chi connectivity index (χ4n) is 2.86. The minimum absolute atomic E-state index is 0.0680. The van der Waals surface area contributed by atoms with Gasteiger partial charge in [0.15, 0.2) is 0 Å². The predicted molar refractivity (Wildman–Crippen MR) is 109 cm³/mol. The summed E-state index contributed by atoms with van der Waals surface area (Å²) in [5.74, 6) is 0.0151. The van der Waals surface area contributed by atoms with Crippen molar-refractivity contribution in [2.75, 3.05) is 18.8 Å². The van der Waals surface area contributed by atoms with Gasteiger partial charge in [0.1, 0.15) is 0 Å². The van der Waals surface area contributed by atoms with Crippen molar-refractivity contribution < 1.29 is 13.2 Å². The summed E-state index contributed by atoms with van der Waals surface area (Å²) in [7, 11) is -3.34.